The van der Waals surface area contributed by atoms with Gasteiger partial charge in [-0.3, -0.25) is 10.1 Å². The molecule has 2 rings (SSSR count). The van der Waals surface area contributed by atoms with Gasteiger partial charge in [0.05, 0.1) is 8.49 Å². The predicted octanol–water partition coefficient (Wildman–Crippen LogP) is 4.83. The molecule has 1 N–H and O–H groups in total. The van der Waals surface area contributed by atoms with Gasteiger partial charge in [0.25, 0.3) is 5.69 Å². The van der Waals surface area contributed by atoms with Crippen LogP contribution in [0.5, 0.6) is 0 Å². The van der Waals surface area contributed by atoms with E-state index in [9.17, 15) is 10.1 Å². The van der Waals surface area contributed by atoms with Gasteiger partial charge in [-0.05, 0) is 59.4 Å². The maximum Gasteiger partial charge on any atom is 0.282 e. The van der Waals surface area contributed by atoms with E-state index in [1.165, 1.54) is 32.1 Å². The molecule has 1 aliphatic rings. The number of nitro groups is 1. The minimum Gasteiger partial charge on any atom is -0.385 e. The van der Waals surface area contributed by atoms with Gasteiger partial charge in [0, 0.05) is 18.3 Å². The predicted molar refractivity (Wildman–Crippen MR) is 90.0 cm³/mol. The molecule has 0 bridgehead atoms. The smallest absolute Gasteiger partial charge is 0.282 e. The number of nitrogens with one attached hydrogen (secondary N) is 1. The zero-order chi connectivity index (χ0) is 14.5. The Kier molecular flexibility index (Phi) is 5.63. The van der Waals surface area contributed by atoms with E-state index >= 15 is 0 Å². The number of anilines is 1. The summed E-state index contributed by atoms with van der Waals surface area (Å²) in [6.45, 7) is 3.26. The van der Waals surface area contributed by atoms with E-state index in [1.807, 2.05) is 28.7 Å². The van der Waals surface area contributed by atoms with Crippen LogP contribution in [0.3, 0.4) is 0 Å². The average Bonchev–Trinajstić information content (AvgIpc) is 2.45. The highest BCUT2D eigenvalue weighted by atomic mass is 127. The third-order valence-electron chi connectivity index (χ3n) is 4.28. The van der Waals surface area contributed by atoms with E-state index in [4.69, 9.17) is 0 Å². The molecule has 0 radical (unpaired) electrons. The number of rotatable bonds is 5. The standard InChI is InChI=1S/C15H21IN2O2/c1-2-11-3-5-12(6-4-11)10-17-13-7-8-15(18(19)20)14(16)9-13/h7-9,11-12,17H,2-6,10H2,1H3. The topological polar surface area (TPSA) is 55.2 Å². The molecule has 0 saturated heterocycles. The lowest BCUT2D eigenvalue weighted by Gasteiger charge is -2.28. The van der Waals surface area contributed by atoms with Crippen molar-refractivity contribution in [3.8, 4) is 0 Å². The zero-order valence-electron chi connectivity index (χ0n) is 11.8. The highest BCUT2D eigenvalue weighted by Gasteiger charge is 2.20. The number of hydrogen-bond donors (Lipinski definition) is 1. The summed E-state index contributed by atoms with van der Waals surface area (Å²) in [7, 11) is 0. The van der Waals surface area contributed by atoms with Gasteiger partial charge in [0.1, 0.15) is 0 Å². The van der Waals surface area contributed by atoms with Crippen molar-refractivity contribution in [1.82, 2.24) is 0 Å². The molecule has 0 heterocycles. The number of nitrogens with zero attached hydrogens (tertiary/aromatic N) is 1. The summed E-state index contributed by atoms with van der Waals surface area (Å²) in [5, 5.41) is 14.2. The molecule has 0 spiro atoms. The quantitative estimate of drug-likeness (QED) is 0.447. The third kappa shape index (κ3) is 4.07. The van der Waals surface area contributed by atoms with E-state index in [-0.39, 0.29) is 10.6 Å². The van der Waals surface area contributed by atoms with Crippen molar-refractivity contribution in [2.24, 2.45) is 11.8 Å². The molecular weight excluding hydrogens is 367 g/mol. The number of benzene rings is 1. The fourth-order valence-electron chi connectivity index (χ4n) is 2.87. The van der Waals surface area contributed by atoms with Crippen LogP contribution in [-0.4, -0.2) is 11.5 Å². The molecule has 0 aliphatic heterocycles. The Morgan fingerprint density at radius 2 is 1.95 bits per heavy atom. The van der Waals surface area contributed by atoms with Crippen molar-refractivity contribution >= 4 is 34.0 Å². The van der Waals surface area contributed by atoms with E-state index in [0.29, 0.717) is 3.57 Å². The van der Waals surface area contributed by atoms with Gasteiger partial charge in [0.15, 0.2) is 0 Å². The lowest BCUT2D eigenvalue weighted by molar-refractivity contribution is -0.385. The fourth-order valence-corrected chi connectivity index (χ4v) is 3.58. The molecular formula is C15H21IN2O2. The first-order chi connectivity index (χ1) is 9.60. The monoisotopic (exact) mass is 388 g/mol. The van der Waals surface area contributed by atoms with Crippen molar-refractivity contribution in [1.29, 1.82) is 0 Å². The second kappa shape index (κ2) is 7.24. The molecule has 0 unspecified atom stereocenters. The Bertz CT molecular complexity index is 471. The van der Waals surface area contributed by atoms with Gasteiger partial charge < -0.3 is 5.32 Å². The second-order valence-electron chi connectivity index (χ2n) is 5.60. The summed E-state index contributed by atoms with van der Waals surface area (Å²) in [4.78, 5) is 10.4. The lowest BCUT2D eigenvalue weighted by atomic mass is 9.81. The summed E-state index contributed by atoms with van der Waals surface area (Å²) in [5.74, 6) is 1.66. The van der Waals surface area contributed by atoms with Gasteiger partial charge >= 0.3 is 0 Å². The fraction of sp³-hybridized carbons (Fsp3) is 0.600. The highest BCUT2D eigenvalue weighted by molar-refractivity contribution is 14.1. The molecule has 5 heteroatoms. The van der Waals surface area contributed by atoms with Crippen LogP contribution in [0.1, 0.15) is 39.0 Å². The van der Waals surface area contributed by atoms with E-state index in [1.54, 1.807) is 12.1 Å². The van der Waals surface area contributed by atoms with Crippen LogP contribution in [0.15, 0.2) is 18.2 Å². The summed E-state index contributed by atoms with van der Waals surface area (Å²) in [6.07, 6.45) is 6.60. The molecule has 0 atom stereocenters. The van der Waals surface area contributed by atoms with Gasteiger partial charge in [-0.1, -0.05) is 26.2 Å². The maximum atomic E-state index is 10.8. The SMILES string of the molecule is CCC1CCC(CNc2ccc([N+](=O)[O-])c(I)c2)CC1. The first-order valence-electron chi connectivity index (χ1n) is 7.28. The molecule has 1 saturated carbocycles. The van der Waals surface area contributed by atoms with Crippen LogP contribution in [0.2, 0.25) is 0 Å². The van der Waals surface area contributed by atoms with E-state index in [0.717, 1.165) is 24.1 Å². The van der Waals surface area contributed by atoms with Gasteiger partial charge in [-0.15, -0.1) is 0 Å². The Balaban J connectivity index is 1.85. The normalized spacial score (nSPS) is 22.5. The summed E-state index contributed by atoms with van der Waals surface area (Å²) in [6, 6.07) is 5.24. The van der Waals surface area contributed by atoms with Crippen LogP contribution in [0.25, 0.3) is 0 Å². The molecule has 20 heavy (non-hydrogen) atoms. The summed E-state index contributed by atoms with van der Waals surface area (Å²) < 4.78 is 0.687. The number of hydrogen-bond acceptors (Lipinski definition) is 3. The van der Waals surface area contributed by atoms with Crippen molar-refractivity contribution in [3.63, 3.8) is 0 Å². The van der Waals surface area contributed by atoms with Crippen molar-refractivity contribution in [2.45, 2.75) is 39.0 Å². The summed E-state index contributed by atoms with van der Waals surface area (Å²) >= 11 is 2.02. The van der Waals surface area contributed by atoms with Crippen LogP contribution in [0, 0.1) is 25.5 Å². The number of halogens is 1. The summed E-state index contributed by atoms with van der Waals surface area (Å²) in [5.41, 5.74) is 1.16. The van der Waals surface area contributed by atoms with Crippen LogP contribution in [0.4, 0.5) is 11.4 Å². The van der Waals surface area contributed by atoms with Crippen LogP contribution in [-0.2, 0) is 0 Å². The first kappa shape index (κ1) is 15.5. The Hall–Kier alpha value is -0.850. The second-order valence-corrected chi connectivity index (χ2v) is 6.76. The van der Waals surface area contributed by atoms with E-state index in [2.05, 4.69) is 12.2 Å². The zero-order valence-corrected chi connectivity index (χ0v) is 13.9. The first-order valence-corrected chi connectivity index (χ1v) is 8.35. The Morgan fingerprint density at radius 1 is 1.30 bits per heavy atom. The molecule has 4 nitrogen and oxygen atoms in total. The molecule has 1 aromatic rings. The van der Waals surface area contributed by atoms with Gasteiger partial charge in [-0.2, -0.15) is 0 Å². The molecule has 0 amide bonds. The molecule has 1 aromatic carbocycles. The van der Waals surface area contributed by atoms with Crippen LogP contribution < -0.4 is 5.32 Å². The van der Waals surface area contributed by atoms with Crippen molar-refractivity contribution in [2.75, 3.05) is 11.9 Å². The van der Waals surface area contributed by atoms with Crippen molar-refractivity contribution < 1.29 is 4.92 Å². The van der Waals surface area contributed by atoms with Gasteiger partial charge in [0.2, 0.25) is 0 Å². The largest absolute Gasteiger partial charge is 0.385 e. The molecule has 1 aliphatic carbocycles. The molecule has 0 aromatic heterocycles. The minimum absolute atomic E-state index is 0.180. The van der Waals surface area contributed by atoms with Gasteiger partial charge in [-0.25, -0.2) is 0 Å². The lowest BCUT2D eigenvalue weighted by Crippen LogP contribution is -2.21. The Morgan fingerprint density at radius 3 is 2.50 bits per heavy atom. The third-order valence-corrected chi connectivity index (χ3v) is 5.15. The van der Waals surface area contributed by atoms with E-state index < -0.39 is 0 Å². The van der Waals surface area contributed by atoms with Crippen molar-refractivity contribution in [3.05, 3.63) is 31.9 Å². The number of nitro benzene ring substituents is 1. The molecule has 1 fully saturated rings. The highest BCUT2D eigenvalue weighted by Crippen LogP contribution is 2.31. The molecule has 110 valence electrons. The van der Waals surface area contributed by atoms with Crippen LogP contribution >= 0.6 is 22.6 Å². The maximum absolute atomic E-state index is 10.8. The Labute approximate surface area is 133 Å². The minimum atomic E-state index is -0.336. The average molecular weight is 388 g/mol.